The first-order chi connectivity index (χ1) is 12.3. The van der Waals surface area contributed by atoms with E-state index in [0.717, 1.165) is 4.88 Å². The molecule has 1 N–H and O–H groups in total. The van der Waals surface area contributed by atoms with Crippen LogP contribution in [0.25, 0.3) is 0 Å². The van der Waals surface area contributed by atoms with E-state index in [-0.39, 0.29) is 10.5 Å². The number of rotatable bonds is 7. The molecule has 140 valence electrons. The Labute approximate surface area is 162 Å². The Morgan fingerprint density at radius 3 is 2.50 bits per heavy atom. The molecule has 0 aliphatic rings. The van der Waals surface area contributed by atoms with Gasteiger partial charge in [-0.25, -0.2) is 13.8 Å². The highest BCUT2D eigenvalue weighted by atomic mass is 35.5. The number of hydrazone groups is 1. The van der Waals surface area contributed by atoms with Crippen LogP contribution in [0.1, 0.15) is 36.0 Å². The molecule has 0 radical (unpaired) electrons. The molecule has 0 saturated heterocycles. The fraction of sp³-hybridized carbons (Fsp3) is 0.294. The molecule has 0 saturated carbocycles. The minimum atomic E-state index is -3.62. The van der Waals surface area contributed by atoms with Crippen LogP contribution in [0.3, 0.4) is 0 Å². The average molecular weight is 414 g/mol. The summed E-state index contributed by atoms with van der Waals surface area (Å²) >= 11 is 7.24. The second kappa shape index (κ2) is 8.77. The van der Waals surface area contributed by atoms with Crippen molar-refractivity contribution in [2.75, 3.05) is 13.1 Å². The minimum absolute atomic E-state index is 0.0830. The van der Waals surface area contributed by atoms with Crippen LogP contribution in [-0.2, 0) is 10.0 Å². The normalized spacial score (nSPS) is 12.4. The molecule has 0 spiro atoms. The summed E-state index contributed by atoms with van der Waals surface area (Å²) in [5.41, 5.74) is 3.28. The standard InChI is InChI=1S/C17H20ClN3O3S2/c1-4-21(5-2)26(23,24)14-8-6-7-13(11-14)17(22)20-19-12(3)15-9-10-16(18)25-15/h6-11H,4-5H2,1-3H3,(H,20,22). The molecule has 26 heavy (non-hydrogen) atoms. The molecule has 1 amide bonds. The summed E-state index contributed by atoms with van der Waals surface area (Å²) in [6, 6.07) is 9.49. The van der Waals surface area contributed by atoms with Crippen LogP contribution in [0.2, 0.25) is 4.34 Å². The van der Waals surface area contributed by atoms with Crippen LogP contribution < -0.4 is 5.43 Å². The van der Waals surface area contributed by atoms with Gasteiger partial charge in [-0.3, -0.25) is 4.79 Å². The van der Waals surface area contributed by atoms with Gasteiger partial charge in [0, 0.05) is 18.7 Å². The number of halogens is 1. The van der Waals surface area contributed by atoms with Gasteiger partial charge >= 0.3 is 0 Å². The van der Waals surface area contributed by atoms with E-state index in [1.807, 2.05) is 6.07 Å². The number of sulfonamides is 1. The van der Waals surface area contributed by atoms with E-state index in [2.05, 4.69) is 10.5 Å². The van der Waals surface area contributed by atoms with E-state index >= 15 is 0 Å². The van der Waals surface area contributed by atoms with Crippen molar-refractivity contribution in [3.8, 4) is 0 Å². The van der Waals surface area contributed by atoms with Crippen molar-refractivity contribution in [2.45, 2.75) is 25.7 Å². The van der Waals surface area contributed by atoms with Crippen LogP contribution in [-0.4, -0.2) is 37.4 Å². The highest BCUT2D eigenvalue weighted by Crippen LogP contribution is 2.22. The van der Waals surface area contributed by atoms with Gasteiger partial charge in [-0.2, -0.15) is 9.41 Å². The third kappa shape index (κ3) is 4.70. The second-order valence-corrected chi connectivity index (χ2v) is 9.01. The first-order valence-corrected chi connectivity index (χ1v) is 10.6. The van der Waals surface area contributed by atoms with Gasteiger partial charge in [0.05, 0.1) is 19.8 Å². The molecule has 0 fully saturated rings. The Morgan fingerprint density at radius 2 is 1.92 bits per heavy atom. The van der Waals surface area contributed by atoms with E-state index in [9.17, 15) is 13.2 Å². The molecular formula is C17H20ClN3O3S2. The predicted molar refractivity (Wildman–Crippen MR) is 106 cm³/mol. The fourth-order valence-corrected chi connectivity index (χ4v) is 4.77. The molecule has 0 aliphatic carbocycles. The summed E-state index contributed by atoms with van der Waals surface area (Å²) in [4.78, 5) is 13.2. The van der Waals surface area contributed by atoms with Crippen molar-refractivity contribution < 1.29 is 13.2 Å². The van der Waals surface area contributed by atoms with Crippen molar-refractivity contribution in [1.82, 2.24) is 9.73 Å². The topological polar surface area (TPSA) is 78.8 Å². The minimum Gasteiger partial charge on any atom is -0.267 e. The summed E-state index contributed by atoms with van der Waals surface area (Å²) in [5.74, 6) is -0.483. The maximum absolute atomic E-state index is 12.6. The molecule has 9 heteroatoms. The summed E-state index contributed by atoms with van der Waals surface area (Å²) in [6.45, 7) is 6.02. The smallest absolute Gasteiger partial charge is 0.267 e. The molecule has 0 unspecified atom stereocenters. The second-order valence-electron chi connectivity index (χ2n) is 5.36. The quantitative estimate of drug-likeness (QED) is 0.556. The Kier molecular flexibility index (Phi) is 6.94. The van der Waals surface area contributed by atoms with Crippen LogP contribution in [0.5, 0.6) is 0 Å². The Morgan fingerprint density at radius 1 is 1.23 bits per heavy atom. The van der Waals surface area contributed by atoms with Gasteiger partial charge in [0.25, 0.3) is 5.91 Å². The molecular weight excluding hydrogens is 394 g/mol. The Bertz CT molecular complexity index is 919. The number of carbonyl (C=O) groups is 1. The summed E-state index contributed by atoms with van der Waals surface area (Å²) in [6.07, 6.45) is 0. The lowest BCUT2D eigenvalue weighted by Crippen LogP contribution is -2.30. The van der Waals surface area contributed by atoms with E-state index in [0.29, 0.717) is 23.1 Å². The van der Waals surface area contributed by atoms with Crippen molar-refractivity contribution in [2.24, 2.45) is 5.10 Å². The lowest BCUT2D eigenvalue weighted by molar-refractivity contribution is 0.0954. The molecule has 1 heterocycles. The number of carbonyl (C=O) groups excluding carboxylic acids is 1. The highest BCUT2D eigenvalue weighted by Gasteiger charge is 2.22. The molecule has 0 atom stereocenters. The van der Waals surface area contributed by atoms with Crippen LogP contribution in [0, 0.1) is 0 Å². The summed E-state index contributed by atoms with van der Waals surface area (Å²) in [7, 11) is -3.62. The average Bonchev–Trinajstić information content (AvgIpc) is 3.07. The van der Waals surface area contributed by atoms with E-state index in [1.165, 1.54) is 27.8 Å². The molecule has 2 rings (SSSR count). The molecule has 1 aromatic carbocycles. The number of hydrogen-bond acceptors (Lipinski definition) is 5. The van der Waals surface area contributed by atoms with E-state index in [1.54, 1.807) is 39.0 Å². The number of nitrogens with zero attached hydrogens (tertiary/aromatic N) is 2. The maximum Gasteiger partial charge on any atom is 0.271 e. The zero-order valence-corrected chi connectivity index (χ0v) is 17.1. The predicted octanol–water partition coefficient (Wildman–Crippen LogP) is 3.59. The van der Waals surface area contributed by atoms with Gasteiger partial charge in [0.1, 0.15) is 0 Å². The van der Waals surface area contributed by atoms with Crippen LogP contribution in [0.15, 0.2) is 46.4 Å². The highest BCUT2D eigenvalue weighted by molar-refractivity contribution is 7.89. The first kappa shape index (κ1) is 20.6. The summed E-state index contributed by atoms with van der Waals surface area (Å²) in [5, 5.41) is 4.05. The van der Waals surface area contributed by atoms with E-state index in [4.69, 9.17) is 11.6 Å². The van der Waals surface area contributed by atoms with Crippen molar-refractivity contribution in [3.63, 3.8) is 0 Å². The maximum atomic E-state index is 12.6. The lowest BCUT2D eigenvalue weighted by Gasteiger charge is -2.18. The number of hydrogen-bond donors (Lipinski definition) is 1. The van der Waals surface area contributed by atoms with Crippen molar-refractivity contribution in [3.05, 3.63) is 51.2 Å². The molecule has 6 nitrogen and oxygen atoms in total. The fourth-order valence-electron chi connectivity index (χ4n) is 2.27. The van der Waals surface area contributed by atoms with Gasteiger partial charge in [0.2, 0.25) is 10.0 Å². The van der Waals surface area contributed by atoms with Gasteiger partial charge in [0.15, 0.2) is 0 Å². The lowest BCUT2D eigenvalue weighted by atomic mass is 10.2. The Balaban J connectivity index is 2.20. The number of amides is 1. The molecule has 0 aliphatic heterocycles. The third-order valence-electron chi connectivity index (χ3n) is 3.69. The van der Waals surface area contributed by atoms with Crippen LogP contribution >= 0.6 is 22.9 Å². The molecule has 1 aromatic heterocycles. The van der Waals surface area contributed by atoms with Crippen molar-refractivity contribution in [1.29, 1.82) is 0 Å². The SMILES string of the molecule is CCN(CC)S(=O)(=O)c1cccc(C(=O)NN=C(C)c2ccc(Cl)s2)c1. The van der Waals surface area contributed by atoms with Gasteiger partial charge in [-0.1, -0.05) is 31.5 Å². The number of nitrogens with one attached hydrogen (secondary N) is 1. The number of thiophene rings is 1. The first-order valence-electron chi connectivity index (χ1n) is 8.00. The molecule has 2 aromatic rings. The zero-order chi connectivity index (χ0) is 19.3. The van der Waals surface area contributed by atoms with Gasteiger partial charge < -0.3 is 0 Å². The van der Waals surface area contributed by atoms with Gasteiger partial charge in [-0.05, 0) is 37.3 Å². The zero-order valence-electron chi connectivity index (χ0n) is 14.7. The van der Waals surface area contributed by atoms with E-state index < -0.39 is 15.9 Å². The van der Waals surface area contributed by atoms with Crippen LogP contribution in [0.4, 0.5) is 0 Å². The largest absolute Gasteiger partial charge is 0.271 e. The summed E-state index contributed by atoms with van der Waals surface area (Å²) < 4.78 is 27.1. The third-order valence-corrected chi connectivity index (χ3v) is 7.08. The molecule has 0 bridgehead atoms. The van der Waals surface area contributed by atoms with Gasteiger partial charge in [-0.15, -0.1) is 11.3 Å². The van der Waals surface area contributed by atoms with Crippen molar-refractivity contribution >= 4 is 44.6 Å². The Hall–Kier alpha value is -1.74. The number of benzene rings is 1. The monoisotopic (exact) mass is 413 g/mol.